The number of benzene rings is 3. The number of rotatable bonds is 4. The molecule has 156 valence electrons. The van der Waals surface area contributed by atoms with E-state index in [4.69, 9.17) is 4.74 Å². The molecule has 0 unspecified atom stereocenters. The van der Waals surface area contributed by atoms with Crippen LogP contribution in [0.2, 0.25) is 0 Å². The highest BCUT2D eigenvalue weighted by Crippen LogP contribution is 2.28. The van der Waals surface area contributed by atoms with E-state index in [-0.39, 0.29) is 11.9 Å². The fourth-order valence-corrected chi connectivity index (χ4v) is 5.67. The van der Waals surface area contributed by atoms with E-state index in [0.717, 1.165) is 21.9 Å². The summed E-state index contributed by atoms with van der Waals surface area (Å²) in [5.74, 6) is -0.0834. The first kappa shape index (κ1) is 20.6. The van der Waals surface area contributed by atoms with E-state index in [9.17, 15) is 13.2 Å². The van der Waals surface area contributed by atoms with E-state index < -0.39 is 10.0 Å². The maximum absolute atomic E-state index is 13.0. The molecule has 0 amide bonds. The predicted molar refractivity (Wildman–Crippen MR) is 117 cm³/mol. The number of esters is 1. The van der Waals surface area contributed by atoms with Gasteiger partial charge in [0.05, 0.1) is 10.8 Å². The molecule has 0 saturated carbocycles. The van der Waals surface area contributed by atoms with Gasteiger partial charge in [-0.1, -0.05) is 48.0 Å². The molecule has 0 radical (unpaired) electrons. The van der Waals surface area contributed by atoms with Crippen LogP contribution in [0, 0.1) is 19.8 Å². The zero-order valence-corrected chi connectivity index (χ0v) is 18.0. The molecule has 1 saturated heterocycles. The molecule has 0 N–H and O–H groups in total. The predicted octanol–water partition coefficient (Wildman–Crippen LogP) is 4.46. The second-order valence-corrected chi connectivity index (χ2v) is 9.78. The Morgan fingerprint density at radius 2 is 1.63 bits per heavy atom. The summed E-state index contributed by atoms with van der Waals surface area (Å²) in [6, 6.07) is 18.8. The average molecular weight is 424 g/mol. The smallest absolute Gasteiger partial charge is 0.314 e. The molecule has 5 nitrogen and oxygen atoms in total. The van der Waals surface area contributed by atoms with Crippen LogP contribution in [0.3, 0.4) is 0 Å². The van der Waals surface area contributed by atoms with E-state index >= 15 is 0 Å². The molecular formula is C24H25NO4S. The van der Waals surface area contributed by atoms with Crippen LogP contribution in [-0.4, -0.2) is 31.8 Å². The van der Waals surface area contributed by atoms with Crippen LogP contribution < -0.4 is 4.74 Å². The number of hydrogen-bond acceptors (Lipinski definition) is 4. The van der Waals surface area contributed by atoms with Gasteiger partial charge in [-0.15, -0.1) is 0 Å². The Bertz CT molecular complexity index is 1190. The molecule has 3 aromatic rings. The highest BCUT2D eigenvalue weighted by molar-refractivity contribution is 7.89. The van der Waals surface area contributed by atoms with Crippen molar-refractivity contribution in [2.24, 2.45) is 5.92 Å². The minimum Gasteiger partial charge on any atom is -0.426 e. The molecule has 4 rings (SSSR count). The number of carbonyl (C=O) groups excluding carboxylic acids is 1. The average Bonchev–Trinajstić information content (AvgIpc) is 2.73. The van der Waals surface area contributed by atoms with Gasteiger partial charge in [-0.25, -0.2) is 8.42 Å². The van der Waals surface area contributed by atoms with Crippen LogP contribution in [-0.2, 0) is 14.8 Å². The molecule has 0 atom stereocenters. The minimum absolute atomic E-state index is 0.297. The van der Waals surface area contributed by atoms with E-state index in [2.05, 4.69) is 0 Å². The van der Waals surface area contributed by atoms with Crippen molar-refractivity contribution in [2.45, 2.75) is 31.6 Å². The maximum atomic E-state index is 13.0. The Morgan fingerprint density at radius 3 is 2.33 bits per heavy atom. The molecule has 30 heavy (non-hydrogen) atoms. The van der Waals surface area contributed by atoms with Gasteiger partial charge in [0.25, 0.3) is 0 Å². The standard InChI is InChI=1S/C24H25NO4S/c1-17-7-10-23(18(2)15-17)30(27,28)25-13-11-20(12-14-25)24(26)29-22-9-8-19-5-3-4-6-21(19)16-22/h3-10,15-16,20H,11-14H2,1-2H3. The second-order valence-electron chi connectivity index (χ2n) is 7.88. The van der Waals surface area contributed by atoms with Crippen molar-refractivity contribution in [1.29, 1.82) is 0 Å². The molecule has 0 aliphatic carbocycles. The number of nitrogens with zero attached hydrogens (tertiary/aromatic N) is 1. The Kier molecular flexibility index (Phi) is 5.62. The summed E-state index contributed by atoms with van der Waals surface area (Å²) >= 11 is 0. The van der Waals surface area contributed by atoms with Gasteiger partial charge in [-0.05, 0) is 61.2 Å². The molecule has 3 aromatic carbocycles. The Hall–Kier alpha value is -2.70. The number of piperidine rings is 1. The third-order valence-corrected chi connectivity index (χ3v) is 7.73. The van der Waals surface area contributed by atoms with Crippen molar-refractivity contribution in [3.8, 4) is 5.75 Å². The fourth-order valence-electron chi connectivity index (χ4n) is 3.99. The Labute approximate surface area is 177 Å². The largest absolute Gasteiger partial charge is 0.426 e. The maximum Gasteiger partial charge on any atom is 0.314 e. The third-order valence-electron chi connectivity index (χ3n) is 5.67. The molecule has 0 spiro atoms. The third kappa shape index (κ3) is 4.11. The summed E-state index contributed by atoms with van der Waals surface area (Å²) in [6.07, 6.45) is 0.910. The lowest BCUT2D eigenvalue weighted by molar-refractivity contribution is -0.140. The lowest BCUT2D eigenvalue weighted by Gasteiger charge is -2.30. The second kappa shape index (κ2) is 8.20. The summed E-state index contributed by atoms with van der Waals surface area (Å²) in [4.78, 5) is 13.0. The number of sulfonamides is 1. The van der Waals surface area contributed by atoms with Crippen LogP contribution in [0.4, 0.5) is 0 Å². The number of hydrogen-bond donors (Lipinski definition) is 0. The molecular weight excluding hydrogens is 398 g/mol. The van der Waals surface area contributed by atoms with Crippen molar-refractivity contribution in [1.82, 2.24) is 4.31 Å². The first-order valence-corrected chi connectivity index (χ1v) is 11.6. The monoisotopic (exact) mass is 423 g/mol. The molecule has 0 bridgehead atoms. The SMILES string of the molecule is Cc1ccc(S(=O)(=O)N2CCC(C(=O)Oc3ccc4ccccc4c3)CC2)c(C)c1. The summed E-state index contributed by atoms with van der Waals surface area (Å²) in [7, 11) is -3.56. The van der Waals surface area contributed by atoms with Gasteiger partial charge < -0.3 is 4.74 Å². The van der Waals surface area contributed by atoms with Gasteiger partial charge in [0.1, 0.15) is 5.75 Å². The van der Waals surface area contributed by atoms with Crippen LogP contribution in [0.25, 0.3) is 10.8 Å². The molecule has 1 heterocycles. The zero-order valence-electron chi connectivity index (χ0n) is 17.2. The van der Waals surface area contributed by atoms with E-state index in [0.29, 0.717) is 36.6 Å². The topological polar surface area (TPSA) is 63.7 Å². The minimum atomic E-state index is -3.56. The van der Waals surface area contributed by atoms with Gasteiger partial charge >= 0.3 is 5.97 Å². The van der Waals surface area contributed by atoms with Gasteiger partial charge in [0, 0.05) is 13.1 Å². The summed E-state index contributed by atoms with van der Waals surface area (Å²) < 4.78 is 33.1. The van der Waals surface area contributed by atoms with Crippen LogP contribution in [0.1, 0.15) is 24.0 Å². The number of aryl methyl sites for hydroxylation is 2. The number of carbonyl (C=O) groups is 1. The fraction of sp³-hybridized carbons (Fsp3) is 0.292. The number of ether oxygens (including phenoxy) is 1. The van der Waals surface area contributed by atoms with Crippen molar-refractivity contribution < 1.29 is 17.9 Å². The van der Waals surface area contributed by atoms with E-state index in [1.54, 1.807) is 12.1 Å². The number of fused-ring (bicyclic) bond motifs is 1. The molecule has 1 aliphatic rings. The summed E-state index contributed by atoms with van der Waals surface area (Å²) in [5.41, 5.74) is 1.77. The first-order chi connectivity index (χ1) is 14.3. The van der Waals surface area contributed by atoms with Crippen molar-refractivity contribution in [2.75, 3.05) is 13.1 Å². The van der Waals surface area contributed by atoms with Crippen LogP contribution in [0.15, 0.2) is 65.6 Å². The zero-order chi connectivity index (χ0) is 21.3. The lowest BCUT2D eigenvalue weighted by atomic mass is 9.98. The summed E-state index contributed by atoms with van der Waals surface area (Å²) in [6.45, 7) is 4.38. The molecule has 1 fully saturated rings. The van der Waals surface area contributed by atoms with Gasteiger partial charge in [-0.2, -0.15) is 4.31 Å². The van der Waals surface area contributed by atoms with Gasteiger partial charge in [-0.3, -0.25) is 4.79 Å². The van der Waals surface area contributed by atoms with E-state index in [1.165, 1.54) is 4.31 Å². The molecule has 6 heteroatoms. The van der Waals surface area contributed by atoms with E-state index in [1.807, 2.05) is 62.4 Å². The Morgan fingerprint density at radius 1 is 0.933 bits per heavy atom. The first-order valence-electron chi connectivity index (χ1n) is 10.1. The van der Waals surface area contributed by atoms with Crippen molar-refractivity contribution >= 4 is 26.8 Å². The van der Waals surface area contributed by atoms with Crippen LogP contribution in [0.5, 0.6) is 5.75 Å². The van der Waals surface area contributed by atoms with Gasteiger partial charge in [0.15, 0.2) is 0 Å². The van der Waals surface area contributed by atoms with Crippen molar-refractivity contribution in [3.63, 3.8) is 0 Å². The highest BCUT2D eigenvalue weighted by Gasteiger charge is 2.33. The normalized spacial score (nSPS) is 15.9. The lowest BCUT2D eigenvalue weighted by Crippen LogP contribution is -2.41. The van der Waals surface area contributed by atoms with Crippen LogP contribution >= 0.6 is 0 Å². The summed E-state index contributed by atoms with van der Waals surface area (Å²) in [5, 5.41) is 2.10. The van der Waals surface area contributed by atoms with Crippen molar-refractivity contribution in [3.05, 3.63) is 71.8 Å². The Balaban J connectivity index is 1.41. The van der Waals surface area contributed by atoms with Gasteiger partial charge in [0.2, 0.25) is 10.0 Å². The highest BCUT2D eigenvalue weighted by atomic mass is 32.2. The molecule has 1 aliphatic heterocycles. The molecule has 0 aromatic heterocycles. The quantitative estimate of drug-likeness (QED) is 0.459.